The predicted molar refractivity (Wildman–Crippen MR) is 74.7 cm³/mol. The largest absolute Gasteiger partial charge is 0.467 e. The minimum atomic E-state index is -1.86. The quantitative estimate of drug-likeness (QED) is 0.166. The van der Waals surface area contributed by atoms with Crippen LogP contribution in [0.5, 0.6) is 5.75 Å². The highest BCUT2D eigenvalue weighted by atomic mass is 32.1. The minimum Gasteiger partial charge on any atom is -0.467 e. The first-order chi connectivity index (χ1) is 9.58. The van der Waals surface area contributed by atoms with Crippen molar-refractivity contribution in [1.29, 1.82) is 0 Å². The number of hydrazone groups is 1. The summed E-state index contributed by atoms with van der Waals surface area (Å²) < 4.78 is 14.4. The Kier molecular flexibility index (Phi) is 7.47. The molecular formula is C11H15N3O5S. The average molecular weight is 301 g/mol. The molecule has 0 bridgehead atoms. The van der Waals surface area contributed by atoms with Crippen molar-refractivity contribution in [3.8, 4) is 5.75 Å². The summed E-state index contributed by atoms with van der Waals surface area (Å²) in [4.78, 5) is 0. The molecule has 0 heterocycles. The zero-order valence-corrected chi connectivity index (χ0v) is 11.2. The maximum absolute atomic E-state index is 8.38. The van der Waals surface area contributed by atoms with E-state index in [1.165, 1.54) is 0 Å². The van der Waals surface area contributed by atoms with Crippen LogP contribution >= 0.6 is 12.2 Å². The second-order valence-corrected chi connectivity index (χ2v) is 3.82. The lowest BCUT2D eigenvalue weighted by Crippen LogP contribution is -2.23. The van der Waals surface area contributed by atoms with Gasteiger partial charge in [0.2, 0.25) is 0 Å². The fourth-order valence-corrected chi connectivity index (χ4v) is 1.13. The molecule has 0 amide bonds. The van der Waals surface area contributed by atoms with E-state index in [0.717, 1.165) is 5.56 Å². The molecule has 110 valence electrons. The standard InChI is InChI=1S/C11H15N3O5S/c12-10(20)14-13-5-8-1-3-9(4-2-8)18-6-17-7-19-11(15)16/h1-5,11,15-16H,6-7H2,(H3,12,14,20)/b13-5+. The number of nitrogens with two attached hydrogens (primary N) is 1. The number of aliphatic hydroxyl groups excluding tert-OH is 1. The molecule has 5 N–H and O–H groups in total. The molecule has 0 saturated heterocycles. The Labute approximate surface area is 120 Å². The van der Waals surface area contributed by atoms with E-state index >= 15 is 0 Å². The molecule has 0 atom stereocenters. The Bertz CT molecular complexity index is 438. The predicted octanol–water partition coefficient (Wildman–Crippen LogP) is -0.551. The maximum Gasteiger partial charge on any atom is 0.268 e. The molecule has 0 aliphatic heterocycles. The highest BCUT2D eigenvalue weighted by Crippen LogP contribution is 2.10. The molecule has 0 radical (unpaired) electrons. The first kappa shape index (κ1) is 16.3. The summed E-state index contributed by atoms with van der Waals surface area (Å²) in [5.74, 6) is 0.578. The van der Waals surface area contributed by atoms with E-state index in [0.29, 0.717) is 5.75 Å². The van der Waals surface area contributed by atoms with Gasteiger partial charge >= 0.3 is 0 Å². The van der Waals surface area contributed by atoms with Gasteiger partial charge in [-0.2, -0.15) is 5.10 Å². The van der Waals surface area contributed by atoms with E-state index in [4.69, 9.17) is 25.4 Å². The van der Waals surface area contributed by atoms with Crippen molar-refractivity contribution in [3.63, 3.8) is 0 Å². The summed E-state index contributed by atoms with van der Waals surface area (Å²) >= 11 is 4.59. The fourth-order valence-electron chi connectivity index (χ4n) is 1.07. The van der Waals surface area contributed by atoms with Gasteiger partial charge in [-0.3, -0.25) is 5.43 Å². The molecule has 1 aromatic carbocycles. The molecule has 0 aromatic heterocycles. The second kappa shape index (κ2) is 9.18. The van der Waals surface area contributed by atoms with Gasteiger partial charge in [-0.15, -0.1) is 0 Å². The number of rotatable bonds is 8. The van der Waals surface area contributed by atoms with Crippen LogP contribution in [0.4, 0.5) is 0 Å². The molecule has 20 heavy (non-hydrogen) atoms. The van der Waals surface area contributed by atoms with Crippen molar-refractivity contribution < 1.29 is 24.4 Å². The van der Waals surface area contributed by atoms with Crippen LogP contribution in [-0.2, 0) is 9.47 Å². The van der Waals surface area contributed by atoms with E-state index in [9.17, 15) is 0 Å². The first-order valence-corrected chi connectivity index (χ1v) is 5.85. The molecule has 0 spiro atoms. The third-order valence-electron chi connectivity index (χ3n) is 1.88. The zero-order valence-electron chi connectivity index (χ0n) is 10.4. The van der Waals surface area contributed by atoms with Gasteiger partial charge in [0, 0.05) is 0 Å². The van der Waals surface area contributed by atoms with Crippen molar-refractivity contribution in [2.45, 2.75) is 6.48 Å². The Balaban J connectivity index is 2.28. The molecule has 0 aliphatic rings. The molecule has 0 unspecified atom stereocenters. The second-order valence-electron chi connectivity index (χ2n) is 3.38. The number of aliphatic hydroxyl groups is 2. The number of nitrogens with one attached hydrogen (secondary N) is 1. The van der Waals surface area contributed by atoms with Crippen LogP contribution in [0.2, 0.25) is 0 Å². The average Bonchev–Trinajstić information content (AvgIpc) is 2.39. The van der Waals surface area contributed by atoms with E-state index in [-0.39, 0.29) is 18.7 Å². The van der Waals surface area contributed by atoms with Gasteiger partial charge in [0.15, 0.2) is 18.7 Å². The Morgan fingerprint density at radius 2 is 2.05 bits per heavy atom. The zero-order chi connectivity index (χ0) is 14.8. The smallest absolute Gasteiger partial charge is 0.268 e. The lowest BCUT2D eigenvalue weighted by molar-refractivity contribution is -0.275. The van der Waals surface area contributed by atoms with Crippen molar-refractivity contribution in [2.24, 2.45) is 10.8 Å². The van der Waals surface area contributed by atoms with Gasteiger partial charge in [-0.1, -0.05) is 0 Å². The van der Waals surface area contributed by atoms with Crippen LogP contribution in [0.3, 0.4) is 0 Å². The number of ether oxygens (including phenoxy) is 3. The van der Waals surface area contributed by atoms with E-state index in [1.807, 2.05) is 0 Å². The number of hydrogen-bond acceptors (Lipinski definition) is 7. The van der Waals surface area contributed by atoms with Gasteiger partial charge in [0.05, 0.1) is 6.21 Å². The number of thiocarbonyl (C=S) groups is 1. The number of nitrogens with zero attached hydrogens (tertiary/aromatic N) is 1. The summed E-state index contributed by atoms with van der Waals surface area (Å²) in [5.41, 5.74) is 8.48. The Morgan fingerprint density at radius 3 is 2.65 bits per heavy atom. The molecule has 9 heteroatoms. The van der Waals surface area contributed by atoms with Gasteiger partial charge in [0.1, 0.15) is 5.75 Å². The van der Waals surface area contributed by atoms with Crippen LogP contribution in [0.15, 0.2) is 29.4 Å². The van der Waals surface area contributed by atoms with Crippen LogP contribution in [0.25, 0.3) is 0 Å². The molecule has 0 saturated carbocycles. The van der Waals surface area contributed by atoms with E-state index < -0.39 is 6.48 Å². The van der Waals surface area contributed by atoms with Crippen LogP contribution in [0.1, 0.15) is 5.56 Å². The Hall–Kier alpha value is -1.78. The monoisotopic (exact) mass is 301 g/mol. The summed E-state index contributed by atoms with van der Waals surface area (Å²) in [5, 5.41) is 20.7. The summed E-state index contributed by atoms with van der Waals surface area (Å²) in [6.45, 7) is -2.22. The first-order valence-electron chi connectivity index (χ1n) is 5.45. The van der Waals surface area contributed by atoms with Crippen molar-refractivity contribution >= 4 is 23.5 Å². The van der Waals surface area contributed by atoms with E-state index in [2.05, 4.69) is 27.5 Å². The minimum absolute atomic E-state index is 0.0802. The number of hydrogen-bond donors (Lipinski definition) is 4. The molecular weight excluding hydrogens is 286 g/mol. The third-order valence-corrected chi connectivity index (χ3v) is 1.97. The fraction of sp³-hybridized carbons (Fsp3) is 0.273. The molecule has 0 aliphatic carbocycles. The third kappa shape index (κ3) is 7.61. The highest BCUT2D eigenvalue weighted by Gasteiger charge is 1.97. The lowest BCUT2D eigenvalue weighted by Gasteiger charge is -2.08. The topological polar surface area (TPSA) is 119 Å². The molecule has 1 rings (SSSR count). The maximum atomic E-state index is 8.38. The Morgan fingerprint density at radius 1 is 1.35 bits per heavy atom. The number of benzene rings is 1. The van der Waals surface area contributed by atoms with Crippen molar-refractivity contribution in [2.75, 3.05) is 13.6 Å². The van der Waals surface area contributed by atoms with Gasteiger partial charge in [0.25, 0.3) is 6.48 Å². The van der Waals surface area contributed by atoms with Gasteiger partial charge in [-0.05, 0) is 42.0 Å². The van der Waals surface area contributed by atoms with Gasteiger partial charge < -0.3 is 30.2 Å². The van der Waals surface area contributed by atoms with Crippen LogP contribution < -0.4 is 15.9 Å². The van der Waals surface area contributed by atoms with Crippen molar-refractivity contribution in [1.82, 2.24) is 5.43 Å². The van der Waals surface area contributed by atoms with E-state index in [1.54, 1.807) is 30.5 Å². The molecule has 0 fully saturated rings. The van der Waals surface area contributed by atoms with Crippen LogP contribution in [-0.4, -0.2) is 41.6 Å². The summed E-state index contributed by atoms with van der Waals surface area (Å²) in [6, 6.07) is 6.97. The normalized spacial score (nSPS) is 10.9. The highest BCUT2D eigenvalue weighted by molar-refractivity contribution is 7.80. The van der Waals surface area contributed by atoms with Crippen LogP contribution in [0, 0.1) is 0 Å². The lowest BCUT2D eigenvalue weighted by atomic mass is 10.2. The SMILES string of the molecule is NC(=S)N/N=C/c1ccc(OCOCOC(O)O)cc1. The summed E-state index contributed by atoms with van der Waals surface area (Å²) in [7, 11) is 0. The molecule has 8 nitrogen and oxygen atoms in total. The van der Waals surface area contributed by atoms with Gasteiger partial charge in [-0.25, -0.2) is 0 Å². The summed E-state index contributed by atoms with van der Waals surface area (Å²) in [6.07, 6.45) is 1.55. The van der Waals surface area contributed by atoms with Crippen molar-refractivity contribution in [3.05, 3.63) is 29.8 Å². The molecule has 1 aromatic rings.